The monoisotopic (exact) mass is 194 g/mol. The van der Waals surface area contributed by atoms with E-state index >= 15 is 0 Å². The van der Waals surface area contributed by atoms with Gasteiger partial charge >= 0.3 is 0 Å². The van der Waals surface area contributed by atoms with Gasteiger partial charge in [0.15, 0.2) is 0 Å². The summed E-state index contributed by atoms with van der Waals surface area (Å²) >= 11 is 0. The molecular formula is C11H14O3. The van der Waals surface area contributed by atoms with Crippen molar-refractivity contribution in [3.8, 4) is 11.5 Å². The van der Waals surface area contributed by atoms with Gasteiger partial charge in [0, 0.05) is 12.8 Å². The molecule has 1 aromatic rings. The number of methoxy groups -OCH3 is 1. The Morgan fingerprint density at radius 2 is 1.71 bits per heavy atom. The van der Waals surface area contributed by atoms with Crippen LogP contribution in [0, 0.1) is 0 Å². The van der Waals surface area contributed by atoms with Crippen molar-refractivity contribution in [3.05, 3.63) is 24.3 Å². The van der Waals surface area contributed by atoms with Crippen LogP contribution in [0.25, 0.3) is 0 Å². The molecule has 1 aromatic carbocycles. The molecule has 76 valence electrons. The third kappa shape index (κ3) is 1.99. The molecule has 3 nitrogen and oxygen atoms in total. The van der Waals surface area contributed by atoms with Crippen molar-refractivity contribution in [1.82, 2.24) is 0 Å². The van der Waals surface area contributed by atoms with Gasteiger partial charge in [-0.3, -0.25) is 0 Å². The Balaban J connectivity index is 1.90. The Kier molecular flexibility index (Phi) is 2.59. The standard InChI is InChI=1S/C11H14O3/c1-13-9-2-4-10(5-3-9)14-11-6-8(12)7-11/h2-5,8,11-12H,6-7H2,1H3. The van der Waals surface area contributed by atoms with E-state index in [-0.39, 0.29) is 12.2 Å². The van der Waals surface area contributed by atoms with E-state index < -0.39 is 0 Å². The van der Waals surface area contributed by atoms with Gasteiger partial charge in [-0.25, -0.2) is 0 Å². The second-order valence-corrected chi connectivity index (χ2v) is 3.54. The summed E-state index contributed by atoms with van der Waals surface area (Å²) in [5, 5.41) is 9.08. The van der Waals surface area contributed by atoms with E-state index in [0.29, 0.717) is 0 Å². The molecule has 1 N–H and O–H groups in total. The highest BCUT2D eigenvalue weighted by atomic mass is 16.5. The van der Waals surface area contributed by atoms with Crippen LogP contribution in [-0.4, -0.2) is 24.4 Å². The highest BCUT2D eigenvalue weighted by Gasteiger charge is 2.28. The van der Waals surface area contributed by atoms with Crippen LogP contribution in [0.15, 0.2) is 24.3 Å². The Morgan fingerprint density at radius 3 is 2.21 bits per heavy atom. The van der Waals surface area contributed by atoms with Crippen LogP contribution < -0.4 is 9.47 Å². The highest BCUT2D eigenvalue weighted by Crippen LogP contribution is 2.26. The zero-order valence-electron chi connectivity index (χ0n) is 8.14. The van der Waals surface area contributed by atoms with E-state index in [9.17, 15) is 0 Å². The number of benzene rings is 1. The summed E-state index contributed by atoms with van der Waals surface area (Å²) in [6, 6.07) is 7.49. The second kappa shape index (κ2) is 3.88. The van der Waals surface area contributed by atoms with Crippen molar-refractivity contribution in [1.29, 1.82) is 0 Å². The molecule has 0 amide bonds. The van der Waals surface area contributed by atoms with Gasteiger partial charge in [-0.15, -0.1) is 0 Å². The van der Waals surface area contributed by atoms with Crippen LogP contribution in [0.5, 0.6) is 11.5 Å². The number of aliphatic hydroxyl groups is 1. The Morgan fingerprint density at radius 1 is 1.14 bits per heavy atom. The number of aliphatic hydroxyl groups excluding tert-OH is 1. The number of ether oxygens (including phenoxy) is 2. The summed E-state index contributed by atoms with van der Waals surface area (Å²) in [7, 11) is 1.64. The van der Waals surface area contributed by atoms with Crippen molar-refractivity contribution in [2.24, 2.45) is 0 Å². The average molecular weight is 194 g/mol. The van der Waals surface area contributed by atoms with Crippen LogP contribution >= 0.6 is 0 Å². The fraction of sp³-hybridized carbons (Fsp3) is 0.455. The zero-order chi connectivity index (χ0) is 9.97. The number of hydrogen-bond donors (Lipinski definition) is 1. The third-order valence-electron chi connectivity index (χ3n) is 2.43. The van der Waals surface area contributed by atoms with Crippen LogP contribution in [0.3, 0.4) is 0 Å². The van der Waals surface area contributed by atoms with Gasteiger partial charge in [-0.2, -0.15) is 0 Å². The van der Waals surface area contributed by atoms with Gasteiger partial charge in [0.05, 0.1) is 13.2 Å². The maximum absolute atomic E-state index is 9.08. The van der Waals surface area contributed by atoms with Crippen LogP contribution in [0.1, 0.15) is 12.8 Å². The highest BCUT2D eigenvalue weighted by molar-refractivity contribution is 5.31. The SMILES string of the molecule is COc1ccc(OC2CC(O)C2)cc1. The molecule has 1 fully saturated rings. The molecule has 0 spiro atoms. The summed E-state index contributed by atoms with van der Waals surface area (Å²) in [5.74, 6) is 1.66. The van der Waals surface area contributed by atoms with E-state index in [1.54, 1.807) is 7.11 Å². The zero-order valence-corrected chi connectivity index (χ0v) is 8.14. The minimum atomic E-state index is -0.168. The summed E-state index contributed by atoms with van der Waals surface area (Å²) in [5.41, 5.74) is 0. The molecule has 3 heteroatoms. The predicted molar refractivity (Wildman–Crippen MR) is 52.7 cm³/mol. The van der Waals surface area contributed by atoms with Crippen LogP contribution in [0.2, 0.25) is 0 Å². The lowest BCUT2D eigenvalue weighted by Gasteiger charge is -2.31. The Labute approximate surface area is 83.3 Å². The first-order valence-electron chi connectivity index (χ1n) is 4.76. The van der Waals surface area contributed by atoms with Crippen molar-refractivity contribution >= 4 is 0 Å². The van der Waals surface area contributed by atoms with E-state index in [2.05, 4.69) is 0 Å². The van der Waals surface area contributed by atoms with E-state index in [1.807, 2.05) is 24.3 Å². The fourth-order valence-corrected chi connectivity index (χ4v) is 1.48. The van der Waals surface area contributed by atoms with Gasteiger partial charge in [0.1, 0.15) is 17.6 Å². The lowest BCUT2D eigenvalue weighted by atomic mass is 9.92. The molecule has 1 aliphatic carbocycles. The number of rotatable bonds is 3. The molecule has 1 saturated carbocycles. The largest absolute Gasteiger partial charge is 0.497 e. The van der Waals surface area contributed by atoms with Gasteiger partial charge < -0.3 is 14.6 Å². The first-order chi connectivity index (χ1) is 6.78. The van der Waals surface area contributed by atoms with E-state index in [0.717, 1.165) is 24.3 Å². The van der Waals surface area contributed by atoms with Crippen molar-refractivity contribution in [3.63, 3.8) is 0 Å². The van der Waals surface area contributed by atoms with Gasteiger partial charge in [-0.1, -0.05) is 0 Å². The molecule has 0 bridgehead atoms. The van der Waals surface area contributed by atoms with Crippen molar-refractivity contribution in [2.45, 2.75) is 25.0 Å². The summed E-state index contributed by atoms with van der Waals surface area (Å²) < 4.78 is 10.6. The topological polar surface area (TPSA) is 38.7 Å². The molecule has 0 heterocycles. The average Bonchev–Trinajstić information content (AvgIpc) is 2.17. The molecule has 0 radical (unpaired) electrons. The molecule has 2 rings (SSSR count). The maximum atomic E-state index is 9.08. The normalized spacial score (nSPS) is 25.3. The third-order valence-corrected chi connectivity index (χ3v) is 2.43. The fourth-order valence-electron chi connectivity index (χ4n) is 1.48. The van der Waals surface area contributed by atoms with Gasteiger partial charge in [0.2, 0.25) is 0 Å². The molecule has 14 heavy (non-hydrogen) atoms. The predicted octanol–water partition coefficient (Wildman–Crippen LogP) is 1.60. The molecule has 0 atom stereocenters. The maximum Gasteiger partial charge on any atom is 0.119 e. The first kappa shape index (κ1) is 9.34. The summed E-state index contributed by atoms with van der Waals surface area (Å²) in [6.45, 7) is 0. The van der Waals surface area contributed by atoms with Gasteiger partial charge in [-0.05, 0) is 24.3 Å². The lowest BCUT2D eigenvalue weighted by molar-refractivity contribution is -0.0107. The smallest absolute Gasteiger partial charge is 0.119 e. The second-order valence-electron chi connectivity index (χ2n) is 3.54. The van der Waals surface area contributed by atoms with Crippen LogP contribution in [0.4, 0.5) is 0 Å². The Hall–Kier alpha value is -1.22. The summed E-state index contributed by atoms with van der Waals surface area (Å²) in [6.07, 6.45) is 1.49. The molecule has 0 aromatic heterocycles. The number of hydrogen-bond acceptors (Lipinski definition) is 3. The first-order valence-corrected chi connectivity index (χ1v) is 4.76. The van der Waals surface area contributed by atoms with E-state index in [4.69, 9.17) is 14.6 Å². The molecule has 0 unspecified atom stereocenters. The molecule has 0 saturated heterocycles. The van der Waals surface area contributed by atoms with Crippen molar-refractivity contribution in [2.75, 3.05) is 7.11 Å². The van der Waals surface area contributed by atoms with Gasteiger partial charge in [0.25, 0.3) is 0 Å². The lowest BCUT2D eigenvalue weighted by Crippen LogP contribution is -2.37. The van der Waals surface area contributed by atoms with Crippen LogP contribution in [-0.2, 0) is 0 Å². The molecule has 1 aliphatic rings. The quantitative estimate of drug-likeness (QED) is 0.794. The molecule has 0 aliphatic heterocycles. The summed E-state index contributed by atoms with van der Waals surface area (Å²) in [4.78, 5) is 0. The minimum Gasteiger partial charge on any atom is -0.497 e. The van der Waals surface area contributed by atoms with Crippen molar-refractivity contribution < 1.29 is 14.6 Å². The Bertz CT molecular complexity index is 288. The van der Waals surface area contributed by atoms with E-state index in [1.165, 1.54) is 0 Å². The molecular weight excluding hydrogens is 180 g/mol. The minimum absolute atomic E-state index is 0.168.